The van der Waals surface area contributed by atoms with E-state index in [1.165, 1.54) is 16.2 Å². The van der Waals surface area contributed by atoms with Crippen molar-refractivity contribution in [3.8, 4) is 0 Å². The van der Waals surface area contributed by atoms with Crippen LogP contribution in [0.15, 0.2) is 30.0 Å². The second-order valence-corrected chi connectivity index (χ2v) is 4.85. The second kappa shape index (κ2) is 4.51. The number of hydroxylamine groups is 2. The first-order valence-corrected chi connectivity index (χ1v) is 6.31. The maximum absolute atomic E-state index is 10.1. The molecule has 3 heteroatoms. The summed E-state index contributed by atoms with van der Waals surface area (Å²) in [6.45, 7) is 2.72. The zero-order valence-electron chi connectivity index (χ0n) is 9.89. The van der Waals surface area contributed by atoms with Crippen LogP contribution < -0.4 is 5.32 Å². The van der Waals surface area contributed by atoms with Gasteiger partial charge in [0.05, 0.1) is 6.54 Å². The van der Waals surface area contributed by atoms with Gasteiger partial charge in [-0.1, -0.05) is 24.3 Å². The predicted molar refractivity (Wildman–Crippen MR) is 67.3 cm³/mol. The minimum Gasteiger partial charge on any atom is -0.317 e. The smallest absolute Gasteiger partial charge is 0.0706 e. The van der Waals surface area contributed by atoms with Crippen LogP contribution in [0.4, 0.5) is 0 Å². The summed E-state index contributed by atoms with van der Waals surface area (Å²) in [6, 6.07) is 8.29. The molecule has 1 aromatic rings. The highest BCUT2D eigenvalue weighted by Gasteiger charge is 2.24. The molecule has 0 unspecified atom stereocenters. The standard InChI is InChI=1S/C14H18N2O/c17-16-10-13-4-2-1-3-12(13)9-14(16)11-5-7-15-8-6-11/h1-4,9,11,15,17H,5-8,10H2. The van der Waals surface area contributed by atoms with Crippen LogP contribution in [0.25, 0.3) is 6.08 Å². The lowest BCUT2D eigenvalue weighted by atomic mass is 9.90. The van der Waals surface area contributed by atoms with Gasteiger partial charge in [0.1, 0.15) is 0 Å². The van der Waals surface area contributed by atoms with Crippen molar-refractivity contribution in [1.29, 1.82) is 0 Å². The molecule has 0 radical (unpaired) electrons. The molecule has 1 saturated heterocycles. The van der Waals surface area contributed by atoms with Gasteiger partial charge in [-0.2, -0.15) is 0 Å². The lowest BCUT2D eigenvalue weighted by Crippen LogP contribution is -2.34. The molecule has 0 aromatic heterocycles. The lowest BCUT2D eigenvalue weighted by Gasteiger charge is -2.33. The molecule has 2 aliphatic heterocycles. The topological polar surface area (TPSA) is 35.5 Å². The van der Waals surface area contributed by atoms with Gasteiger partial charge in [-0.15, -0.1) is 0 Å². The monoisotopic (exact) mass is 230 g/mol. The molecule has 0 atom stereocenters. The van der Waals surface area contributed by atoms with Gasteiger partial charge in [-0.25, -0.2) is 0 Å². The van der Waals surface area contributed by atoms with E-state index < -0.39 is 0 Å². The van der Waals surface area contributed by atoms with E-state index in [0.717, 1.165) is 31.6 Å². The normalized spacial score (nSPS) is 21.0. The van der Waals surface area contributed by atoms with E-state index in [4.69, 9.17) is 0 Å². The van der Waals surface area contributed by atoms with Gasteiger partial charge in [-0.3, -0.25) is 10.3 Å². The number of hydrogen-bond acceptors (Lipinski definition) is 3. The third kappa shape index (κ3) is 2.08. The zero-order valence-corrected chi connectivity index (χ0v) is 9.89. The summed E-state index contributed by atoms with van der Waals surface area (Å²) < 4.78 is 0. The van der Waals surface area contributed by atoms with Crippen LogP contribution in [-0.2, 0) is 6.54 Å². The molecule has 0 saturated carbocycles. The average Bonchev–Trinajstić information content (AvgIpc) is 2.39. The molecule has 2 heterocycles. The Balaban J connectivity index is 1.91. The quantitative estimate of drug-likeness (QED) is 0.776. The van der Waals surface area contributed by atoms with Crippen molar-refractivity contribution in [3.63, 3.8) is 0 Å². The van der Waals surface area contributed by atoms with Crippen LogP contribution in [0.2, 0.25) is 0 Å². The van der Waals surface area contributed by atoms with Crippen molar-refractivity contribution in [2.75, 3.05) is 13.1 Å². The number of fused-ring (bicyclic) bond motifs is 1. The van der Waals surface area contributed by atoms with Crippen LogP contribution >= 0.6 is 0 Å². The predicted octanol–water partition coefficient (Wildman–Crippen LogP) is 2.23. The molecule has 1 aromatic carbocycles. The number of benzene rings is 1. The Bertz CT molecular complexity index is 436. The summed E-state index contributed by atoms with van der Waals surface area (Å²) in [7, 11) is 0. The van der Waals surface area contributed by atoms with Crippen molar-refractivity contribution in [1.82, 2.24) is 10.4 Å². The number of piperidine rings is 1. The van der Waals surface area contributed by atoms with Crippen molar-refractivity contribution >= 4 is 6.08 Å². The molecule has 0 aliphatic carbocycles. The molecule has 0 bridgehead atoms. The molecule has 1 fully saturated rings. The Kier molecular flexibility index (Phi) is 2.87. The Labute approximate surface area is 102 Å². The molecular weight excluding hydrogens is 212 g/mol. The van der Waals surface area contributed by atoms with Gasteiger partial charge >= 0.3 is 0 Å². The summed E-state index contributed by atoms with van der Waals surface area (Å²) in [6.07, 6.45) is 4.38. The lowest BCUT2D eigenvalue weighted by molar-refractivity contribution is -0.0754. The molecule has 0 amide bonds. The van der Waals surface area contributed by atoms with E-state index in [1.54, 1.807) is 0 Å². The molecule has 3 rings (SSSR count). The fourth-order valence-corrected chi connectivity index (χ4v) is 2.75. The highest BCUT2D eigenvalue weighted by atomic mass is 16.5. The summed E-state index contributed by atoms with van der Waals surface area (Å²) >= 11 is 0. The van der Waals surface area contributed by atoms with Crippen LogP contribution in [-0.4, -0.2) is 23.4 Å². The summed E-state index contributed by atoms with van der Waals surface area (Å²) in [4.78, 5) is 0. The maximum Gasteiger partial charge on any atom is 0.0706 e. The molecule has 2 aliphatic rings. The van der Waals surface area contributed by atoms with Crippen LogP contribution in [0.1, 0.15) is 24.0 Å². The second-order valence-electron chi connectivity index (χ2n) is 4.85. The van der Waals surface area contributed by atoms with E-state index in [9.17, 15) is 5.21 Å². The first kappa shape index (κ1) is 10.8. The summed E-state index contributed by atoms with van der Waals surface area (Å²) in [5, 5.41) is 14.9. The summed E-state index contributed by atoms with van der Waals surface area (Å²) in [5.41, 5.74) is 3.55. The first-order valence-electron chi connectivity index (χ1n) is 6.31. The van der Waals surface area contributed by atoms with Gasteiger partial charge in [0.25, 0.3) is 0 Å². The molecular formula is C14H18N2O. The molecule has 17 heavy (non-hydrogen) atoms. The molecule has 2 N–H and O–H groups in total. The largest absolute Gasteiger partial charge is 0.317 e. The summed E-state index contributed by atoms with van der Waals surface area (Å²) in [5.74, 6) is 0.495. The van der Waals surface area contributed by atoms with Crippen molar-refractivity contribution < 1.29 is 5.21 Å². The third-order valence-corrected chi connectivity index (χ3v) is 3.73. The fourth-order valence-electron chi connectivity index (χ4n) is 2.75. The van der Waals surface area contributed by atoms with Crippen molar-refractivity contribution in [2.24, 2.45) is 5.92 Å². The van der Waals surface area contributed by atoms with Gasteiger partial charge < -0.3 is 5.32 Å². The van der Waals surface area contributed by atoms with Gasteiger partial charge in [0.2, 0.25) is 0 Å². The van der Waals surface area contributed by atoms with E-state index in [1.807, 2.05) is 6.07 Å². The number of allylic oxidation sites excluding steroid dienone is 1. The van der Waals surface area contributed by atoms with Gasteiger partial charge in [0, 0.05) is 11.6 Å². The third-order valence-electron chi connectivity index (χ3n) is 3.73. The molecule has 3 nitrogen and oxygen atoms in total. The Morgan fingerprint density at radius 2 is 1.94 bits per heavy atom. The SMILES string of the molecule is ON1Cc2ccccc2C=C1C1CCNCC1. The first-order chi connectivity index (χ1) is 8.34. The number of nitrogens with zero attached hydrogens (tertiary/aromatic N) is 1. The Morgan fingerprint density at radius 1 is 1.18 bits per heavy atom. The molecule has 90 valence electrons. The van der Waals surface area contributed by atoms with Gasteiger partial charge in [0.15, 0.2) is 0 Å². The van der Waals surface area contributed by atoms with Gasteiger partial charge in [-0.05, 0) is 43.1 Å². The van der Waals surface area contributed by atoms with Crippen molar-refractivity contribution in [3.05, 3.63) is 41.1 Å². The zero-order chi connectivity index (χ0) is 11.7. The van der Waals surface area contributed by atoms with Crippen LogP contribution in [0.3, 0.4) is 0 Å². The van der Waals surface area contributed by atoms with Crippen LogP contribution in [0.5, 0.6) is 0 Å². The van der Waals surface area contributed by atoms with E-state index in [2.05, 4.69) is 29.6 Å². The Morgan fingerprint density at radius 3 is 2.76 bits per heavy atom. The van der Waals surface area contributed by atoms with E-state index in [0.29, 0.717) is 12.5 Å². The van der Waals surface area contributed by atoms with Crippen molar-refractivity contribution in [2.45, 2.75) is 19.4 Å². The van der Waals surface area contributed by atoms with E-state index in [-0.39, 0.29) is 0 Å². The number of hydrogen-bond donors (Lipinski definition) is 2. The average molecular weight is 230 g/mol. The maximum atomic E-state index is 10.1. The van der Waals surface area contributed by atoms with E-state index >= 15 is 0 Å². The Hall–Kier alpha value is -1.32. The minimum atomic E-state index is 0.495. The number of nitrogens with one attached hydrogen (secondary N) is 1. The van der Waals surface area contributed by atoms with Crippen LogP contribution in [0, 0.1) is 5.92 Å². The number of rotatable bonds is 1. The fraction of sp³-hybridized carbons (Fsp3) is 0.429. The highest BCUT2D eigenvalue weighted by Crippen LogP contribution is 2.31. The minimum absolute atomic E-state index is 0.495. The molecule has 0 spiro atoms. The highest BCUT2D eigenvalue weighted by molar-refractivity contribution is 5.58.